The predicted molar refractivity (Wildman–Crippen MR) is 97.0 cm³/mol. The minimum atomic E-state index is -0.542. The first-order valence-electron chi connectivity index (χ1n) is 8.18. The number of ether oxygens (including phenoxy) is 1. The highest BCUT2D eigenvalue weighted by molar-refractivity contribution is 6.07. The molecule has 0 bridgehead atoms. The SMILES string of the molecule is COc1ccc(C(=O)NCc2ccc3c(c2)C(C)(C)C(=O)N3C)cc1. The molecule has 130 valence electrons. The second-order valence-corrected chi connectivity index (χ2v) is 6.75. The number of fused-ring (bicyclic) bond motifs is 1. The third-order valence-electron chi connectivity index (χ3n) is 4.74. The number of carbonyl (C=O) groups excluding carboxylic acids is 2. The number of methoxy groups -OCH3 is 1. The highest BCUT2D eigenvalue weighted by atomic mass is 16.5. The zero-order valence-electron chi connectivity index (χ0n) is 14.9. The van der Waals surface area contributed by atoms with E-state index in [2.05, 4.69) is 5.32 Å². The molecule has 0 fully saturated rings. The molecule has 2 aromatic carbocycles. The summed E-state index contributed by atoms with van der Waals surface area (Å²) in [6.07, 6.45) is 0. The maximum atomic E-state index is 12.3. The lowest BCUT2D eigenvalue weighted by atomic mass is 9.85. The fourth-order valence-corrected chi connectivity index (χ4v) is 3.16. The Morgan fingerprint density at radius 2 is 1.84 bits per heavy atom. The second kappa shape index (κ2) is 6.24. The smallest absolute Gasteiger partial charge is 0.251 e. The average Bonchev–Trinajstić information content (AvgIpc) is 2.80. The quantitative estimate of drug-likeness (QED) is 0.932. The standard InChI is InChI=1S/C20H22N2O3/c1-20(2)16-11-13(5-10-17(16)22(3)19(20)24)12-21-18(23)14-6-8-15(25-4)9-7-14/h5-11H,12H2,1-4H3,(H,21,23). The Hall–Kier alpha value is -2.82. The first-order valence-corrected chi connectivity index (χ1v) is 8.18. The maximum Gasteiger partial charge on any atom is 0.251 e. The van der Waals surface area contributed by atoms with Crippen LogP contribution < -0.4 is 15.0 Å². The van der Waals surface area contributed by atoms with Crippen molar-refractivity contribution in [3.8, 4) is 5.75 Å². The molecular formula is C20H22N2O3. The number of carbonyl (C=O) groups is 2. The van der Waals surface area contributed by atoms with E-state index in [4.69, 9.17) is 4.74 Å². The van der Waals surface area contributed by atoms with Crippen molar-refractivity contribution in [3.05, 3.63) is 59.2 Å². The number of hydrogen-bond donors (Lipinski definition) is 1. The van der Waals surface area contributed by atoms with Crippen molar-refractivity contribution in [2.75, 3.05) is 19.1 Å². The Labute approximate surface area is 147 Å². The van der Waals surface area contributed by atoms with E-state index < -0.39 is 5.41 Å². The van der Waals surface area contributed by atoms with E-state index in [-0.39, 0.29) is 11.8 Å². The van der Waals surface area contributed by atoms with Crippen LogP contribution in [0, 0.1) is 0 Å². The molecule has 1 N–H and O–H groups in total. The van der Waals surface area contributed by atoms with Crippen LogP contribution in [0.3, 0.4) is 0 Å². The predicted octanol–water partition coefficient (Wildman–Crippen LogP) is 2.88. The number of amides is 2. The monoisotopic (exact) mass is 338 g/mol. The van der Waals surface area contributed by atoms with Crippen molar-refractivity contribution in [2.24, 2.45) is 0 Å². The van der Waals surface area contributed by atoms with Gasteiger partial charge in [0, 0.05) is 24.8 Å². The summed E-state index contributed by atoms with van der Waals surface area (Å²) in [5.41, 5.74) is 2.94. The highest BCUT2D eigenvalue weighted by Gasteiger charge is 2.42. The number of nitrogens with zero attached hydrogens (tertiary/aromatic N) is 1. The van der Waals surface area contributed by atoms with Gasteiger partial charge in [0.15, 0.2) is 0 Å². The second-order valence-electron chi connectivity index (χ2n) is 6.75. The van der Waals surface area contributed by atoms with Gasteiger partial charge in [-0.3, -0.25) is 9.59 Å². The van der Waals surface area contributed by atoms with Gasteiger partial charge in [0.2, 0.25) is 5.91 Å². The van der Waals surface area contributed by atoms with Gasteiger partial charge in [0.25, 0.3) is 5.91 Å². The van der Waals surface area contributed by atoms with Gasteiger partial charge < -0.3 is 15.0 Å². The molecule has 2 amide bonds. The fourth-order valence-electron chi connectivity index (χ4n) is 3.16. The largest absolute Gasteiger partial charge is 0.497 e. The molecule has 5 heteroatoms. The zero-order valence-corrected chi connectivity index (χ0v) is 14.9. The highest BCUT2D eigenvalue weighted by Crippen LogP contribution is 2.40. The normalized spacial score (nSPS) is 15.0. The Bertz CT molecular complexity index is 825. The molecular weight excluding hydrogens is 316 g/mol. The van der Waals surface area contributed by atoms with Crippen LogP contribution >= 0.6 is 0 Å². The molecule has 0 spiro atoms. The molecule has 0 radical (unpaired) electrons. The Morgan fingerprint density at radius 3 is 2.48 bits per heavy atom. The number of anilines is 1. The topological polar surface area (TPSA) is 58.6 Å². The maximum absolute atomic E-state index is 12.3. The summed E-state index contributed by atoms with van der Waals surface area (Å²) in [5.74, 6) is 0.656. The molecule has 1 aliphatic rings. The Morgan fingerprint density at radius 1 is 1.16 bits per heavy atom. The summed E-state index contributed by atoms with van der Waals surface area (Å²) >= 11 is 0. The van der Waals surface area contributed by atoms with Crippen LogP contribution in [0.4, 0.5) is 5.69 Å². The van der Waals surface area contributed by atoms with Crippen molar-refractivity contribution in [2.45, 2.75) is 25.8 Å². The van der Waals surface area contributed by atoms with Crippen molar-refractivity contribution < 1.29 is 14.3 Å². The fraction of sp³-hybridized carbons (Fsp3) is 0.300. The van der Waals surface area contributed by atoms with Crippen LogP contribution in [-0.2, 0) is 16.8 Å². The summed E-state index contributed by atoms with van der Waals surface area (Å²) in [7, 11) is 3.38. The van der Waals surface area contributed by atoms with Gasteiger partial charge in [0.05, 0.1) is 12.5 Å². The average molecular weight is 338 g/mol. The molecule has 0 aliphatic carbocycles. The van der Waals surface area contributed by atoms with Gasteiger partial charge in [-0.1, -0.05) is 12.1 Å². The molecule has 1 heterocycles. The lowest BCUT2D eigenvalue weighted by Gasteiger charge is -2.16. The van der Waals surface area contributed by atoms with Gasteiger partial charge in [0.1, 0.15) is 5.75 Å². The van der Waals surface area contributed by atoms with E-state index >= 15 is 0 Å². The molecule has 25 heavy (non-hydrogen) atoms. The van der Waals surface area contributed by atoms with Crippen LogP contribution in [0.15, 0.2) is 42.5 Å². The van der Waals surface area contributed by atoms with Crippen LogP contribution in [0.1, 0.15) is 35.3 Å². The molecule has 0 saturated heterocycles. The number of benzene rings is 2. The van der Waals surface area contributed by atoms with Crippen molar-refractivity contribution >= 4 is 17.5 Å². The summed E-state index contributed by atoms with van der Waals surface area (Å²) in [6, 6.07) is 12.9. The molecule has 0 unspecified atom stereocenters. The van der Waals surface area contributed by atoms with Crippen molar-refractivity contribution in [3.63, 3.8) is 0 Å². The number of hydrogen-bond acceptors (Lipinski definition) is 3. The van der Waals surface area contributed by atoms with E-state index in [1.54, 1.807) is 43.3 Å². The molecule has 0 saturated carbocycles. The molecule has 5 nitrogen and oxygen atoms in total. The number of nitrogens with one attached hydrogen (secondary N) is 1. The summed E-state index contributed by atoms with van der Waals surface area (Å²) in [4.78, 5) is 26.3. The van der Waals surface area contributed by atoms with Gasteiger partial charge in [-0.2, -0.15) is 0 Å². The zero-order chi connectivity index (χ0) is 18.2. The van der Waals surface area contributed by atoms with Gasteiger partial charge in [-0.05, 0) is 55.3 Å². The summed E-state index contributed by atoms with van der Waals surface area (Å²) in [5, 5.41) is 2.92. The van der Waals surface area contributed by atoms with Crippen LogP contribution in [0.25, 0.3) is 0 Å². The summed E-state index contributed by atoms with van der Waals surface area (Å²) in [6.45, 7) is 4.26. The number of likely N-dealkylation sites (N-methyl/N-ethyl adjacent to an activating group) is 1. The van der Waals surface area contributed by atoms with Gasteiger partial charge in [-0.25, -0.2) is 0 Å². The minimum absolute atomic E-state index is 0.0851. The molecule has 0 atom stereocenters. The first-order chi connectivity index (χ1) is 11.8. The van der Waals surface area contributed by atoms with E-state index in [9.17, 15) is 9.59 Å². The van der Waals surface area contributed by atoms with Crippen LogP contribution in [0.5, 0.6) is 5.75 Å². The van der Waals surface area contributed by atoms with Crippen molar-refractivity contribution in [1.29, 1.82) is 0 Å². The first kappa shape index (κ1) is 17.0. The molecule has 2 aromatic rings. The van der Waals surface area contributed by atoms with Gasteiger partial charge >= 0.3 is 0 Å². The molecule has 0 aromatic heterocycles. The lowest BCUT2D eigenvalue weighted by Crippen LogP contribution is -2.33. The molecule has 3 rings (SSSR count). The minimum Gasteiger partial charge on any atom is -0.497 e. The molecule has 1 aliphatic heterocycles. The third kappa shape index (κ3) is 2.97. The third-order valence-corrected chi connectivity index (χ3v) is 4.74. The van der Waals surface area contributed by atoms with Crippen molar-refractivity contribution in [1.82, 2.24) is 5.32 Å². The van der Waals surface area contributed by atoms with E-state index in [0.29, 0.717) is 17.9 Å². The van der Waals surface area contributed by atoms with Gasteiger partial charge in [-0.15, -0.1) is 0 Å². The van der Waals surface area contributed by atoms with E-state index in [1.807, 2.05) is 32.0 Å². The van der Waals surface area contributed by atoms with E-state index in [0.717, 1.165) is 16.8 Å². The van der Waals surface area contributed by atoms with Crippen LogP contribution in [-0.4, -0.2) is 26.0 Å². The van der Waals surface area contributed by atoms with Crippen LogP contribution in [0.2, 0.25) is 0 Å². The Kier molecular flexibility index (Phi) is 4.25. The Balaban J connectivity index is 1.73. The lowest BCUT2D eigenvalue weighted by molar-refractivity contribution is -0.121. The van der Waals surface area contributed by atoms with E-state index in [1.165, 1.54) is 0 Å². The number of rotatable bonds is 4. The summed E-state index contributed by atoms with van der Waals surface area (Å²) < 4.78 is 5.09.